The van der Waals surface area contributed by atoms with E-state index in [1.165, 1.54) is 30.2 Å². The van der Waals surface area contributed by atoms with Crippen molar-refractivity contribution in [2.75, 3.05) is 11.5 Å². The molecule has 0 amide bonds. The van der Waals surface area contributed by atoms with Crippen molar-refractivity contribution in [3.05, 3.63) is 11.6 Å². The average Bonchev–Trinajstić information content (AvgIpc) is 3.24. The average molecular weight is 542 g/mol. The number of nitrogens with one attached hydrogen (secondary N) is 1. The summed E-state index contributed by atoms with van der Waals surface area (Å²) in [6.45, 7) is 4.80. The first-order valence-corrected chi connectivity index (χ1v) is 14.7. The molecule has 2 aromatic heterocycles. The molecule has 198 valence electrons. The molecule has 2 aromatic rings. The number of aliphatic hydroxyl groups is 2. The number of rotatable bonds is 6. The van der Waals surface area contributed by atoms with Crippen molar-refractivity contribution in [2.24, 2.45) is 16.7 Å². The van der Waals surface area contributed by atoms with E-state index in [-0.39, 0.29) is 17.2 Å². The second kappa shape index (κ2) is 8.09. The summed E-state index contributed by atoms with van der Waals surface area (Å²) in [5.41, 5.74) is 1.36. The van der Waals surface area contributed by atoms with Crippen LogP contribution in [0.3, 0.4) is 0 Å². The van der Waals surface area contributed by atoms with Gasteiger partial charge in [0.15, 0.2) is 23.2 Å². The van der Waals surface area contributed by atoms with Gasteiger partial charge >= 0.3 is 7.60 Å². The Balaban J connectivity index is 1.31. The standard InChI is InChI=1S/C23H33ClN5O6P/c1-21-5-12-6-22(2,8-21)10-23(7-12,9-21)28-17-14-18(27-20(24)26-17)29(11-25-14)19-16(31)15(30)13(35-19)3-4-36(32,33)34/h11-13,15-16,19,30-31H,3-10H2,1-2H3,(H,26,27,28)(H2,32,33,34)/t12?,13-,15?,16+,19-,21-,22+,23?/m1/s1. The smallest absolute Gasteiger partial charge is 0.325 e. The van der Waals surface area contributed by atoms with E-state index in [0.717, 1.165) is 19.3 Å². The number of hydrogen-bond donors (Lipinski definition) is 5. The Hall–Kier alpha value is -1.33. The monoisotopic (exact) mass is 541 g/mol. The first-order valence-electron chi connectivity index (χ1n) is 12.5. The van der Waals surface area contributed by atoms with Crippen LogP contribution in [-0.4, -0.2) is 69.5 Å². The quantitative estimate of drug-likeness (QED) is 0.271. The van der Waals surface area contributed by atoms with Crippen LogP contribution >= 0.6 is 19.2 Å². The predicted molar refractivity (Wildman–Crippen MR) is 132 cm³/mol. The van der Waals surface area contributed by atoms with Gasteiger partial charge in [0.2, 0.25) is 5.28 Å². The molecule has 36 heavy (non-hydrogen) atoms. The maximum absolute atomic E-state index is 11.3. The largest absolute Gasteiger partial charge is 0.388 e. The Bertz CT molecular complexity index is 1240. The van der Waals surface area contributed by atoms with Gasteiger partial charge in [-0.05, 0) is 73.3 Å². The Morgan fingerprint density at radius 2 is 1.83 bits per heavy atom. The van der Waals surface area contributed by atoms with Gasteiger partial charge in [-0.1, -0.05) is 13.8 Å². The molecule has 4 saturated carbocycles. The molecule has 7 rings (SSSR count). The maximum atomic E-state index is 11.3. The minimum absolute atomic E-state index is 0.0278. The highest BCUT2D eigenvalue weighted by Crippen LogP contribution is 2.67. The highest BCUT2D eigenvalue weighted by Gasteiger charge is 2.60. The Morgan fingerprint density at radius 1 is 1.14 bits per heavy atom. The molecule has 1 aliphatic heterocycles. The van der Waals surface area contributed by atoms with Crippen LogP contribution in [0, 0.1) is 16.7 Å². The van der Waals surface area contributed by atoms with Gasteiger partial charge in [0.05, 0.1) is 18.6 Å². The highest BCUT2D eigenvalue weighted by atomic mass is 35.5. The molecule has 0 aromatic carbocycles. The number of fused-ring (bicyclic) bond motifs is 1. The zero-order valence-corrected chi connectivity index (χ0v) is 22.0. The topological polar surface area (TPSA) is 163 Å². The molecule has 11 nitrogen and oxygen atoms in total. The fourth-order valence-corrected chi connectivity index (χ4v) is 9.25. The second-order valence-corrected chi connectivity index (χ2v) is 14.5. The molecule has 5 fully saturated rings. The van der Waals surface area contributed by atoms with E-state index in [9.17, 15) is 24.6 Å². The van der Waals surface area contributed by atoms with Gasteiger partial charge in [0.25, 0.3) is 0 Å². The van der Waals surface area contributed by atoms with Crippen LogP contribution in [0.25, 0.3) is 11.2 Å². The molecule has 0 spiro atoms. The van der Waals surface area contributed by atoms with Crippen molar-refractivity contribution < 1.29 is 29.3 Å². The lowest BCUT2D eigenvalue weighted by atomic mass is 9.43. The molecule has 1 saturated heterocycles. The van der Waals surface area contributed by atoms with Crippen LogP contribution in [0.15, 0.2) is 6.33 Å². The van der Waals surface area contributed by atoms with Gasteiger partial charge in [-0.3, -0.25) is 9.13 Å². The van der Waals surface area contributed by atoms with E-state index < -0.39 is 38.3 Å². The summed E-state index contributed by atoms with van der Waals surface area (Å²) in [5, 5.41) is 24.9. The number of aromatic nitrogens is 4. The summed E-state index contributed by atoms with van der Waals surface area (Å²) < 4.78 is 18.6. The van der Waals surface area contributed by atoms with Crippen molar-refractivity contribution in [3.8, 4) is 0 Å². The number of halogens is 1. The van der Waals surface area contributed by atoms with Crippen molar-refractivity contribution >= 4 is 36.2 Å². The number of aliphatic hydroxyl groups excluding tert-OH is 2. The Labute approximate surface area is 213 Å². The van der Waals surface area contributed by atoms with Crippen LogP contribution < -0.4 is 5.32 Å². The van der Waals surface area contributed by atoms with Crippen LogP contribution in [-0.2, 0) is 9.30 Å². The number of anilines is 1. The molecule has 3 unspecified atom stereocenters. The highest BCUT2D eigenvalue weighted by molar-refractivity contribution is 7.51. The zero-order valence-electron chi connectivity index (χ0n) is 20.3. The lowest BCUT2D eigenvalue weighted by molar-refractivity contribution is -0.0973. The molecule has 3 heterocycles. The van der Waals surface area contributed by atoms with Gasteiger partial charge in [-0.2, -0.15) is 9.97 Å². The van der Waals surface area contributed by atoms with Crippen LogP contribution in [0.4, 0.5) is 5.82 Å². The second-order valence-electron chi connectivity index (χ2n) is 12.4. The summed E-state index contributed by atoms with van der Waals surface area (Å²) in [6, 6.07) is 0. The normalized spacial score (nSPS) is 41.9. The van der Waals surface area contributed by atoms with E-state index in [2.05, 4.69) is 34.1 Å². The van der Waals surface area contributed by atoms with E-state index in [0.29, 0.717) is 33.7 Å². The third kappa shape index (κ3) is 4.26. The number of imidazole rings is 1. The number of ether oxygens (including phenoxy) is 1. The first kappa shape index (κ1) is 25.0. The van der Waals surface area contributed by atoms with E-state index in [1.807, 2.05) is 0 Å². The van der Waals surface area contributed by atoms with Crippen molar-refractivity contribution in [1.82, 2.24) is 19.5 Å². The lowest BCUT2D eigenvalue weighted by Gasteiger charge is -2.65. The molecule has 4 aliphatic carbocycles. The van der Waals surface area contributed by atoms with Crippen molar-refractivity contribution in [1.29, 1.82) is 0 Å². The lowest BCUT2D eigenvalue weighted by Crippen LogP contribution is -2.61. The zero-order chi connectivity index (χ0) is 25.7. The third-order valence-corrected chi connectivity index (χ3v) is 9.73. The van der Waals surface area contributed by atoms with Crippen molar-refractivity contribution in [3.63, 3.8) is 0 Å². The van der Waals surface area contributed by atoms with Gasteiger partial charge in [-0.15, -0.1) is 0 Å². The molecular weight excluding hydrogens is 509 g/mol. The fourth-order valence-electron chi connectivity index (χ4n) is 8.49. The van der Waals surface area contributed by atoms with Crippen LogP contribution in [0.5, 0.6) is 0 Å². The van der Waals surface area contributed by atoms with Crippen LogP contribution in [0.1, 0.15) is 65.0 Å². The molecule has 0 radical (unpaired) electrons. The predicted octanol–water partition coefficient (Wildman–Crippen LogP) is 2.83. The van der Waals surface area contributed by atoms with Crippen LogP contribution in [0.2, 0.25) is 5.28 Å². The van der Waals surface area contributed by atoms with Gasteiger partial charge < -0.3 is 30.1 Å². The van der Waals surface area contributed by atoms with Gasteiger partial charge in [-0.25, -0.2) is 4.98 Å². The molecule has 13 heteroatoms. The summed E-state index contributed by atoms with van der Waals surface area (Å²) >= 11 is 6.35. The summed E-state index contributed by atoms with van der Waals surface area (Å²) in [4.78, 5) is 31.7. The Kier molecular flexibility index (Phi) is 5.61. The molecule has 5 N–H and O–H groups in total. The molecule has 5 aliphatic rings. The molecule has 8 atom stereocenters. The van der Waals surface area contributed by atoms with E-state index in [4.69, 9.17) is 16.3 Å². The minimum atomic E-state index is -4.27. The third-order valence-electron chi connectivity index (χ3n) is 8.72. The van der Waals surface area contributed by atoms with Gasteiger partial charge in [0, 0.05) is 5.54 Å². The number of nitrogens with zero attached hydrogens (tertiary/aromatic N) is 4. The summed E-state index contributed by atoms with van der Waals surface area (Å²) in [7, 11) is -4.27. The van der Waals surface area contributed by atoms with Crippen molar-refractivity contribution in [2.45, 2.75) is 88.9 Å². The fraction of sp³-hybridized carbons (Fsp3) is 0.783. The van der Waals surface area contributed by atoms with E-state index >= 15 is 0 Å². The SMILES string of the molecule is C[C@]12CC3CC(Nc4nc(Cl)nc5c4ncn5[C@@H]4O[C@H](CCP(=O)(O)O)C(O)[C@@H]4O)(C1)C[C@@](C)(C3)C2. The maximum Gasteiger partial charge on any atom is 0.325 e. The van der Waals surface area contributed by atoms with Gasteiger partial charge in [0.1, 0.15) is 12.2 Å². The van der Waals surface area contributed by atoms with E-state index in [1.54, 1.807) is 0 Å². The minimum Gasteiger partial charge on any atom is -0.388 e. The Morgan fingerprint density at radius 3 is 2.47 bits per heavy atom. The first-order chi connectivity index (χ1) is 16.8. The molecular formula is C23H33ClN5O6P. The summed E-state index contributed by atoms with van der Waals surface area (Å²) in [6.07, 6.45) is 3.26. The number of hydrogen-bond acceptors (Lipinski definition) is 8. The molecule has 4 bridgehead atoms. The summed E-state index contributed by atoms with van der Waals surface area (Å²) in [5.74, 6) is 1.23.